The van der Waals surface area contributed by atoms with E-state index in [9.17, 15) is 57.9 Å². The average molecular weight is 955 g/mol. The van der Waals surface area contributed by atoms with E-state index in [1.54, 1.807) is 0 Å². The number of amides is 2. The second-order valence-electron chi connectivity index (χ2n) is 13.1. The molecule has 57 heavy (non-hydrogen) atoms. The topological polar surface area (TPSA) is 375 Å². The van der Waals surface area contributed by atoms with Gasteiger partial charge in [-0.15, -0.1) is 0 Å². The zero-order valence-electron chi connectivity index (χ0n) is 30.5. The zero-order valence-corrected chi connectivity index (χ0v) is 35.6. The summed E-state index contributed by atoms with van der Waals surface area (Å²) in [7, 11) is -17.6. The van der Waals surface area contributed by atoms with Gasteiger partial charge in [-0.25, -0.2) is 19.3 Å². The van der Waals surface area contributed by atoms with Crippen LogP contribution in [0, 0.1) is 5.41 Å². The number of phosphoric acid groups is 3. The Kier molecular flexibility index (Phi) is 19.1. The molecule has 0 aliphatic carbocycles. The number of phosphoric ester groups is 3. The number of halogens is 1. The monoisotopic (exact) mass is 953 g/mol. The molecule has 29 heteroatoms. The molecule has 2 aromatic rings. The van der Waals surface area contributed by atoms with Crippen LogP contribution < -0.4 is 35.9 Å². The molecular formula is C28H43BrN7O17P3S-4. The minimum absolute atomic E-state index is 0.0201. The van der Waals surface area contributed by atoms with E-state index in [1.807, 2.05) is 0 Å². The summed E-state index contributed by atoms with van der Waals surface area (Å²) in [6.07, 6.45) is -3.26. The van der Waals surface area contributed by atoms with Crippen molar-refractivity contribution in [2.24, 2.45) is 5.41 Å². The number of hydrogen-bond donors (Lipinski definition) is 5. The Bertz CT molecular complexity index is 1820. The van der Waals surface area contributed by atoms with Gasteiger partial charge in [0.1, 0.15) is 36.3 Å². The Hall–Kier alpha value is -1.96. The largest absolute Gasteiger partial charge is 0.790 e. The van der Waals surface area contributed by atoms with Crippen LogP contribution in [0.1, 0.15) is 58.6 Å². The average Bonchev–Trinajstić information content (AvgIpc) is 3.68. The number of nitrogens with one attached hydrogen (secondary N) is 2. The van der Waals surface area contributed by atoms with Gasteiger partial charge < -0.3 is 69.0 Å². The number of hydrogen-bond acceptors (Lipinski definition) is 22. The number of nitrogens with zero attached hydrogens (tertiary/aromatic N) is 4. The fourth-order valence-electron chi connectivity index (χ4n) is 5.06. The molecule has 2 amide bonds. The molecule has 0 radical (unpaired) electrons. The van der Waals surface area contributed by atoms with E-state index >= 15 is 0 Å². The number of anilines is 1. The first-order valence-corrected chi connectivity index (χ1v) is 23.6. The van der Waals surface area contributed by atoms with Crippen molar-refractivity contribution in [3.63, 3.8) is 0 Å². The van der Waals surface area contributed by atoms with E-state index in [4.69, 9.17) is 10.5 Å². The first-order valence-electron chi connectivity index (χ1n) is 17.1. The van der Waals surface area contributed by atoms with E-state index in [0.717, 1.165) is 60.0 Å². The second kappa shape index (κ2) is 22.0. The summed E-state index contributed by atoms with van der Waals surface area (Å²) in [4.78, 5) is 96.0. The second-order valence-corrected chi connectivity index (χ2v) is 19.1. The predicted octanol–water partition coefficient (Wildman–Crippen LogP) is -1.52. The van der Waals surface area contributed by atoms with Crippen LogP contribution in [0.25, 0.3) is 11.2 Å². The molecule has 1 aliphatic rings. The van der Waals surface area contributed by atoms with Gasteiger partial charge in [-0.2, -0.15) is 0 Å². The highest BCUT2D eigenvalue weighted by atomic mass is 79.9. The number of ether oxygens (including phenoxy) is 1. The highest BCUT2D eigenvalue weighted by molar-refractivity contribution is 9.09. The van der Waals surface area contributed by atoms with Crippen molar-refractivity contribution in [3.05, 3.63) is 12.7 Å². The van der Waals surface area contributed by atoms with Gasteiger partial charge in [0, 0.05) is 42.4 Å². The third-order valence-corrected chi connectivity index (χ3v) is 12.5. The summed E-state index contributed by atoms with van der Waals surface area (Å²) in [5, 5.41) is 27.2. The molecule has 1 fully saturated rings. The van der Waals surface area contributed by atoms with Gasteiger partial charge >= 0.3 is 0 Å². The summed E-state index contributed by atoms with van der Waals surface area (Å²) < 4.78 is 60.5. The lowest BCUT2D eigenvalue weighted by molar-refractivity contribution is -0.347. The lowest BCUT2D eigenvalue weighted by Crippen LogP contribution is -2.46. The zero-order chi connectivity index (χ0) is 42.6. The van der Waals surface area contributed by atoms with E-state index in [1.165, 1.54) is 13.8 Å². The minimum atomic E-state index is -5.91. The lowest BCUT2D eigenvalue weighted by atomic mass is 9.87. The molecule has 0 aromatic carbocycles. The maximum Gasteiger partial charge on any atom is 0.274 e. The van der Waals surface area contributed by atoms with Crippen molar-refractivity contribution in [2.75, 3.05) is 43.1 Å². The van der Waals surface area contributed by atoms with E-state index in [2.05, 4.69) is 59.4 Å². The molecule has 1 saturated heterocycles. The summed E-state index contributed by atoms with van der Waals surface area (Å²) >= 11 is 4.47. The number of carbonyl (C=O) groups is 3. The third-order valence-electron chi connectivity index (χ3n) is 8.00. The third kappa shape index (κ3) is 16.2. The number of unbranched alkanes of at least 4 members (excludes halogenated alkanes) is 3. The fraction of sp³-hybridized carbons (Fsp3) is 0.714. The van der Waals surface area contributed by atoms with Crippen LogP contribution in [0.5, 0.6) is 0 Å². The van der Waals surface area contributed by atoms with Crippen LogP contribution in [0.2, 0.25) is 0 Å². The van der Waals surface area contributed by atoms with Crippen molar-refractivity contribution < 1.29 is 80.5 Å². The molecule has 1 aliphatic heterocycles. The van der Waals surface area contributed by atoms with E-state index < -0.39 is 84.6 Å². The molecule has 2 unspecified atom stereocenters. The van der Waals surface area contributed by atoms with Crippen molar-refractivity contribution in [2.45, 2.75) is 83.0 Å². The number of thioether (sulfide) groups is 1. The number of carbonyl (C=O) groups excluding carboxylic acids is 3. The first kappa shape index (κ1) is 49.4. The first-order chi connectivity index (χ1) is 26.6. The van der Waals surface area contributed by atoms with Crippen molar-refractivity contribution in [1.29, 1.82) is 0 Å². The molecule has 7 atom stereocenters. The Morgan fingerprint density at radius 1 is 1.04 bits per heavy atom. The molecule has 0 saturated carbocycles. The van der Waals surface area contributed by atoms with Gasteiger partial charge in [-0.1, -0.05) is 54.4 Å². The number of alkyl halides is 1. The summed E-state index contributed by atoms with van der Waals surface area (Å²) in [5.74, 6) is -1.16. The number of fused-ring (bicyclic) bond motifs is 1. The summed E-state index contributed by atoms with van der Waals surface area (Å²) in [5.41, 5.74) is 4.08. The highest BCUT2D eigenvalue weighted by Gasteiger charge is 2.47. The normalized spacial score (nSPS) is 21.5. The van der Waals surface area contributed by atoms with Crippen molar-refractivity contribution in [3.8, 4) is 0 Å². The van der Waals surface area contributed by atoms with E-state index in [0.29, 0.717) is 12.2 Å². The Morgan fingerprint density at radius 3 is 2.40 bits per heavy atom. The van der Waals surface area contributed by atoms with Crippen LogP contribution in [0.4, 0.5) is 5.82 Å². The molecule has 24 nitrogen and oxygen atoms in total. The molecule has 3 rings (SSSR count). The van der Waals surface area contributed by atoms with Gasteiger partial charge in [-0.3, -0.25) is 28.1 Å². The quantitative estimate of drug-likeness (QED) is 0.0429. The number of nitrogens with two attached hydrogens (primary N) is 1. The smallest absolute Gasteiger partial charge is 0.274 e. The molecule has 6 N–H and O–H groups in total. The molecule has 3 heterocycles. The maximum absolute atomic E-state index is 12.5. The maximum atomic E-state index is 12.5. The summed E-state index contributed by atoms with van der Waals surface area (Å²) in [6.45, 7) is 0.147. The van der Waals surface area contributed by atoms with Crippen LogP contribution in [-0.4, -0.2) is 108 Å². The van der Waals surface area contributed by atoms with Crippen LogP contribution in [-0.2, 0) is 50.7 Å². The van der Waals surface area contributed by atoms with Crippen LogP contribution >= 0.6 is 51.2 Å². The molecule has 0 bridgehead atoms. The Labute approximate surface area is 338 Å². The number of aromatic nitrogens is 4. The number of aliphatic hydroxyl groups excluding tert-OH is 2. The molecule has 324 valence electrons. The van der Waals surface area contributed by atoms with Gasteiger partial charge in [-0.05, 0) is 12.8 Å². The number of nitrogen functional groups attached to an aromatic ring is 1. The molecule has 0 spiro atoms. The Morgan fingerprint density at radius 2 is 1.72 bits per heavy atom. The van der Waals surface area contributed by atoms with Crippen molar-refractivity contribution >= 4 is 85.1 Å². The highest BCUT2D eigenvalue weighted by Crippen LogP contribution is 2.56. The SMILES string of the molecule is CC(C)(COP(=O)([O-])OP(=O)([O-])OC[C@H]1O[C@@H](n2cnc3c(N)ncnc32)[C@H](O)[C@@H]1OP(=O)([O-])[O-])[C@@H](O)C(=O)NCCC(=O)NCCSC(=O)CCCCCCBr. The Balaban J connectivity index is 1.45. The van der Waals surface area contributed by atoms with Gasteiger partial charge in [0.2, 0.25) is 11.8 Å². The fourth-order valence-corrected chi connectivity index (χ4v) is 8.91. The van der Waals surface area contributed by atoms with Gasteiger partial charge in [0.25, 0.3) is 15.6 Å². The van der Waals surface area contributed by atoms with Crippen molar-refractivity contribution in [1.82, 2.24) is 30.2 Å². The number of imidazole rings is 1. The predicted molar refractivity (Wildman–Crippen MR) is 195 cm³/mol. The van der Waals surface area contributed by atoms with Gasteiger partial charge in [0.15, 0.2) is 22.8 Å². The minimum Gasteiger partial charge on any atom is -0.790 e. The molecule has 2 aromatic heterocycles. The number of aliphatic hydroxyl groups is 2. The summed E-state index contributed by atoms with van der Waals surface area (Å²) in [6, 6.07) is 0. The lowest BCUT2D eigenvalue weighted by Gasteiger charge is -2.36. The van der Waals surface area contributed by atoms with Gasteiger partial charge in [0.05, 0.1) is 27.4 Å². The van der Waals surface area contributed by atoms with Crippen LogP contribution in [0.15, 0.2) is 12.7 Å². The van der Waals surface area contributed by atoms with E-state index in [-0.39, 0.29) is 41.6 Å². The number of rotatable bonds is 25. The van der Waals surface area contributed by atoms with Crippen LogP contribution in [0.3, 0.4) is 0 Å². The standard InChI is InChI=1S/C28H47BrN7O17P3S/c1-28(2,23(40)26(41)32-10-8-18(37)31-11-12-57-19(38)7-5-3-4-6-9-29)14-50-56(47,48)53-55(45,46)49-13-17-22(52-54(42,43)44)21(39)27(51-17)36-16-35-20-24(30)33-15-34-25(20)36/h15-17,21-23,27,39-40H,3-14H2,1-2H3,(H,31,37)(H,32,41)(H,45,46)(H,47,48)(H2,30,33,34)(H2,42,43,44)/p-4/t17-,21-,22-,23+,27-/m1/s1. The molecular weight excluding hydrogens is 911 g/mol.